The van der Waals surface area contributed by atoms with E-state index in [1.807, 2.05) is 0 Å². The quantitative estimate of drug-likeness (QED) is 0.886. The SMILES string of the molecule is CCN1C(=O)Cc2cc(N3C[C@H](CNC(=O)OC)OC3=O)cc(F)c21. The van der Waals surface area contributed by atoms with E-state index < -0.39 is 24.1 Å². The Morgan fingerprint density at radius 2 is 2.20 bits per heavy atom. The van der Waals surface area contributed by atoms with E-state index in [4.69, 9.17) is 4.74 Å². The monoisotopic (exact) mass is 351 g/mol. The molecular weight excluding hydrogens is 333 g/mol. The summed E-state index contributed by atoms with van der Waals surface area (Å²) in [6.07, 6.45) is -1.73. The van der Waals surface area contributed by atoms with Gasteiger partial charge in [-0.1, -0.05) is 0 Å². The molecule has 1 N–H and O–H groups in total. The molecule has 8 nitrogen and oxygen atoms in total. The van der Waals surface area contributed by atoms with Gasteiger partial charge in [0.05, 0.1) is 38.0 Å². The number of hydrogen-bond donors (Lipinski definition) is 1. The second-order valence-corrected chi connectivity index (χ2v) is 5.74. The Labute approximate surface area is 143 Å². The van der Waals surface area contributed by atoms with Gasteiger partial charge in [-0.15, -0.1) is 0 Å². The molecule has 3 amide bonds. The number of alkyl carbamates (subject to hydrolysis) is 1. The van der Waals surface area contributed by atoms with Gasteiger partial charge in [0.1, 0.15) is 11.9 Å². The van der Waals surface area contributed by atoms with E-state index in [0.717, 1.165) is 0 Å². The Bertz CT molecular complexity index is 739. The third-order valence-corrected chi connectivity index (χ3v) is 4.20. The van der Waals surface area contributed by atoms with E-state index in [9.17, 15) is 18.8 Å². The molecule has 1 aromatic carbocycles. The fourth-order valence-corrected chi connectivity index (χ4v) is 3.06. The molecule has 0 aromatic heterocycles. The molecule has 25 heavy (non-hydrogen) atoms. The summed E-state index contributed by atoms with van der Waals surface area (Å²) in [6.45, 7) is 2.41. The predicted octanol–water partition coefficient (Wildman–Crippen LogP) is 1.42. The summed E-state index contributed by atoms with van der Waals surface area (Å²) < 4.78 is 24.1. The number of fused-ring (bicyclic) bond motifs is 1. The second kappa shape index (κ2) is 6.58. The molecule has 3 rings (SSSR count). The fraction of sp³-hybridized carbons (Fsp3) is 0.438. The summed E-state index contributed by atoms with van der Waals surface area (Å²) >= 11 is 0. The van der Waals surface area contributed by atoms with Crippen LogP contribution < -0.4 is 15.1 Å². The van der Waals surface area contributed by atoms with Crippen molar-refractivity contribution in [2.45, 2.75) is 19.4 Å². The molecule has 0 bridgehead atoms. The van der Waals surface area contributed by atoms with Crippen molar-refractivity contribution in [1.29, 1.82) is 0 Å². The Morgan fingerprint density at radius 1 is 1.44 bits per heavy atom. The zero-order valence-electron chi connectivity index (χ0n) is 13.9. The number of nitrogens with zero attached hydrogens (tertiary/aromatic N) is 2. The van der Waals surface area contributed by atoms with Gasteiger partial charge in [0, 0.05) is 6.54 Å². The van der Waals surface area contributed by atoms with Crippen LogP contribution in [-0.2, 0) is 20.7 Å². The molecular formula is C16H18FN3O5. The first-order chi connectivity index (χ1) is 11.9. The van der Waals surface area contributed by atoms with Crippen LogP contribution in [0.2, 0.25) is 0 Å². The van der Waals surface area contributed by atoms with Gasteiger partial charge in [-0.3, -0.25) is 9.69 Å². The minimum atomic E-state index is -0.632. The van der Waals surface area contributed by atoms with Crippen molar-refractivity contribution in [3.63, 3.8) is 0 Å². The van der Waals surface area contributed by atoms with Crippen LogP contribution in [0.5, 0.6) is 0 Å². The summed E-state index contributed by atoms with van der Waals surface area (Å²) in [6, 6.07) is 2.85. The summed E-state index contributed by atoms with van der Waals surface area (Å²) in [5, 5.41) is 2.45. The number of halogens is 1. The Kier molecular flexibility index (Phi) is 4.47. The van der Waals surface area contributed by atoms with Crippen LogP contribution in [0, 0.1) is 5.82 Å². The van der Waals surface area contributed by atoms with E-state index in [-0.39, 0.29) is 31.1 Å². The van der Waals surface area contributed by atoms with Gasteiger partial charge in [0.2, 0.25) is 5.91 Å². The number of anilines is 2. The molecule has 2 heterocycles. The first-order valence-electron chi connectivity index (χ1n) is 7.87. The maximum absolute atomic E-state index is 14.5. The lowest BCUT2D eigenvalue weighted by Crippen LogP contribution is -2.34. The minimum Gasteiger partial charge on any atom is -0.453 e. The third-order valence-electron chi connectivity index (χ3n) is 4.20. The molecule has 2 aliphatic heterocycles. The molecule has 0 unspecified atom stereocenters. The molecule has 134 valence electrons. The van der Waals surface area contributed by atoms with Crippen LogP contribution in [0.4, 0.5) is 25.4 Å². The molecule has 1 saturated heterocycles. The van der Waals surface area contributed by atoms with Crippen LogP contribution in [-0.4, -0.2) is 50.9 Å². The lowest BCUT2D eigenvalue weighted by atomic mass is 10.1. The largest absolute Gasteiger partial charge is 0.453 e. The summed E-state index contributed by atoms with van der Waals surface area (Å²) in [4.78, 5) is 37.8. The van der Waals surface area contributed by atoms with Gasteiger partial charge >= 0.3 is 12.2 Å². The Balaban J connectivity index is 1.78. The van der Waals surface area contributed by atoms with Crippen molar-refractivity contribution >= 4 is 29.5 Å². The number of cyclic esters (lactones) is 1. The fourth-order valence-electron chi connectivity index (χ4n) is 3.06. The van der Waals surface area contributed by atoms with Gasteiger partial charge in [0.15, 0.2) is 0 Å². The zero-order valence-corrected chi connectivity index (χ0v) is 13.9. The van der Waals surface area contributed by atoms with Gasteiger partial charge in [-0.05, 0) is 24.6 Å². The molecule has 1 fully saturated rings. The molecule has 0 radical (unpaired) electrons. The van der Waals surface area contributed by atoms with Crippen LogP contribution in [0.25, 0.3) is 0 Å². The van der Waals surface area contributed by atoms with Crippen LogP contribution in [0.3, 0.4) is 0 Å². The number of likely N-dealkylation sites (N-methyl/N-ethyl adjacent to an activating group) is 1. The van der Waals surface area contributed by atoms with Crippen LogP contribution >= 0.6 is 0 Å². The average molecular weight is 351 g/mol. The number of nitrogens with one attached hydrogen (secondary N) is 1. The first kappa shape index (κ1) is 17.0. The van der Waals surface area contributed by atoms with E-state index in [0.29, 0.717) is 17.8 Å². The number of benzene rings is 1. The molecule has 1 aromatic rings. The first-order valence-corrected chi connectivity index (χ1v) is 7.87. The van der Waals surface area contributed by atoms with Gasteiger partial charge < -0.3 is 19.7 Å². The number of carbonyl (C=O) groups excluding carboxylic acids is 3. The van der Waals surface area contributed by atoms with Gasteiger partial charge in [-0.25, -0.2) is 14.0 Å². The van der Waals surface area contributed by atoms with E-state index >= 15 is 0 Å². The zero-order chi connectivity index (χ0) is 18.1. The maximum atomic E-state index is 14.5. The van der Waals surface area contributed by atoms with Crippen molar-refractivity contribution in [3.05, 3.63) is 23.5 Å². The third kappa shape index (κ3) is 3.09. The minimum absolute atomic E-state index is 0.0877. The van der Waals surface area contributed by atoms with Crippen LogP contribution in [0.15, 0.2) is 12.1 Å². The molecule has 0 aliphatic carbocycles. The summed E-state index contributed by atoms with van der Waals surface area (Å²) in [5.74, 6) is -0.721. The molecule has 1 atom stereocenters. The number of rotatable bonds is 4. The highest BCUT2D eigenvalue weighted by molar-refractivity contribution is 6.02. The van der Waals surface area contributed by atoms with Gasteiger partial charge in [-0.2, -0.15) is 0 Å². The maximum Gasteiger partial charge on any atom is 0.414 e. The topological polar surface area (TPSA) is 88.2 Å². The van der Waals surface area contributed by atoms with Crippen molar-refractivity contribution in [2.24, 2.45) is 0 Å². The lowest BCUT2D eigenvalue weighted by Gasteiger charge is -2.18. The molecule has 0 saturated carbocycles. The Hall–Kier alpha value is -2.84. The highest BCUT2D eigenvalue weighted by Gasteiger charge is 2.35. The number of ether oxygens (including phenoxy) is 2. The number of methoxy groups -OCH3 is 1. The highest BCUT2D eigenvalue weighted by Crippen LogP contribution is 2.36. The molecule has 0 spiro atoms. The van der Waals surface area contributed by atoms with E-state index in [1.165, 1.54) is 23.0 Å². The average Bonchev–Trinajstić information content (AvgIpc) is 3.11. The number of amides is 3. The number of carbonyl (C=O) groups is 3. The predicted molar refractivity (Wildman–Crippen MR) is 86.2 cm³/mol. The van der Waals surface area contributed by atoms with E-state index in [2.05, 4.69) is 10.1 Å². The van der Waals surface area contributed by atoms with Crippen molar-refractivity contribution in [3.8, 4) is 0 Å². The normalized spacial score (nSPS) is 19.1. The van der Waals surface area contributed by atoms with Gasteiger partial charge in [0.25, 0.3) is 0 Å². The van der Waals surface area contributed by atoms with Crippen molar-refractivity contribution in [1.82, 2.24) is 5.32 Å². The Morgan fingerprint density at radius 3 is 2.88 bits per heavy atom. The summed E-state index contributed by atoms with van der Waals surface area (Å²) in [7, 11) is 1.23. The van der Waals surface area contributed by atoms with Crippen molar-refractivity contribution < 1.29 is 28.2 Å². The standard InChI is InChI=1S/C16H18FN3O5/c1-3-19-13(21)5-9-4-10(6-12(17)14(9)19)20-8-11(25-16(20)23)7-18-15(22)24-2/h4,6,11H,3,5,7-8H2,1-2H3,(H,18,22)/t11-/m0/s1. The van der Waals surface area contributed by atoms with Crippen molar-refractivity contribution in [2.75, 3.05) is 36.5 Å². The second-order valence-electron chi connectivity index (χ2n) is 5.74. The van der Waals surface area contributed by atoms with Crippen LogP contribution in [0.1, 0.15) is 12.5 Å². The lowest BCUT2D eigenvalue weighted by molar-refractivity contribution is -0.117. The molecule has 2 aliphatic rings. The highest BCUT2D eigenvalue weighted by atomic mass is 19.1. The smallest absolute Gasteiger partial charge is 0.414 e. The van der Waals surface area contributed by atoms with E-state index in [1.54, 1.807) is 13.0 Å². The molecule has 9 heteroatoms. The number of hydrogen-bond acceptors (Lipinski definition) is 5. The summed E-state index contributed by atoms with van der Waals surface area (Å²) in [5.41, 5.74) is 1.14.